The van der Waals surface area contributed by atoms with Crippen LogP contribution < -0.4 is 4.74 Å². The minimum atomic E-state index is -3.89. The molecule has 1 fully saturated rings. The van der Waals surface area contributed by atoms with Crippen molar-refractivity contribution in [3.8, 4) is 5.75 Å². The minimum Gasteiger partial charge on any atom is -0.497 e. The van der Waals surface area contributed by atoms with E-state index in [-0.39, 0.29) is 54.6 Å². The van der Waals surface area contributed by atoms with Crippen LogP contribution in [0.1, 0.15) is 17.9 Å². The molecule has 0 unspecified atom stereocenters. The van der Waals surface area contributed by atoms with Crippen LogP contribution in [-0.2, 0) is 24.3 Å². The smallest absolute Gasteiger partial charge is 0.288 e. The third kappa shape index (κ3) is 6.22. The molecule has 0 spiro atoms. The van der Waals surface area contributed by atoms with Gasteiger partial charge in [0, 0.05) is 38.5 Å². The van der Waals surface area contributed by atoms with Crippen molar-refractivity contribution in [2.24, 2.45) is 0 Å². The number of ether oxygens (including phenoxy) is 3. The second kappa shape index (κ2) is 11.4. The predicted octanol–water partition coefficient (Wildman–Crippen LogP) is 2.09. The number of aliphatic hydroxyl groups excluding tert-OH is 1. The summed E-state index contributed by atoms with van der Waals surface area (Å²) < 4.78 is 57.5. The lowest BCUT2D eigenvalue weighted by Gasteiger charge is -2.30. The number of hydrogen-bond donors (Lipinski definition) is 1. The molecule has 0 bridgehead atoms. The zero-order chi connectivity index (χ0) is 25.7. The Bertz CT molecular complexity index is 1180. The lowest BCUT2D eigenvalue weighted by atomic mass is 9.93. The van der Waals surface area contributed by atoms with Crippen LogP contribution in [0, 0.1) is 5.82 Å². The molecule has 2 atom stereocenters. The number of aliphatic hydroxyl groups is 1. The van der Waals surface area contributed by atoms with Crippen LogP contribution in [0.5, 0.6) is 5.75 Å². The Morgan fingerprint density at radius 1 is 1.14 bits per heavy atom. The lowest BCUT2D eigenvalue weighted by molar-refractivity contribution is -0.149. The van der Waals surface area contributed by atoms with E-state index in [1.165, 1.54) is 31.4 Å². The molecule has 0 aromatic heterocycles. The summed E-state index contributed by atoms with van der Waals surface area (Å²) in [5.41, 5.74) is 0.813. The number of carbonyl (C=O) groups is 1. The van der Waals surface area contributed by atoms with Crippen LogP contribution in [0.2, 0.25) is 0 Å². The highest BCUT2D eigenvalue weighted by Gasteiger charge is 2.34. The summed E-state index contributed by atoms with van der Waals surface area (Å²) in [4.78, 5) is 14.3. The normalized spacial score (nSPS) is 19.6. The Morgan fingerprint density at radius 3 is 2.44 bits per heavy atom. The largest absolute Gasteiger partial charge is 0.497 e. The maximum Gasteiger partial charge on any atom is 0.288 e. The van der Waals surface area contributed by atoms with E-state index in [2.05, 4.69) is 0 Å². The van der Waals surface area contributed by atoms with E-state index in [1.807, 2.05) is 0 Å². The van der Waals surface area contributed by atoms with Gasteiger partial charge < -0.3 is 24.2 Å². The van der Waals surface area contributed by atoms with Gasteiger partial charge in [-0.1, -0.05) is 12.1 Å². The summed E-state index contributed by atoms with van der Waals surface area (Å²) in [6.07, 6.45) is 1.29. The quantitative estimate of drug-likeness (QED) is 0.453. The summed E-state index contributed by atoms with van der Waals surface area (Å²) in [5, 5.41) is 9.44. The summed E-state index contributed by atoms with van der Waals surface area (Å²) in [7, 11) is -2.40. The lowest BCUT2D eigenvalue weighted by Crippen LogP contribution is -2.37. The summed E-state index contributed by atoms with van der Waals surface area (Å²) in [5.74, 6) is -0.141. The van der Waals surface area contributed by atoms with Crippen LogP contribution in [0.4, 0.5) is 4.39 Å². The SMILES string of the molecule is COc1ccc(S(=O)(=O)N(CCO)CCO[C@H]2C[C@@H](c3ccc(F)cc3)C=C(C(=O)N3CC3)O2)cc1. The molecule has 36 heavy (non-hydrogen) atoms. The van der Waals surface area contributed by atoms with E-state index in [4.69, 9.17) is 14.2 Å². The van der Waals surface area contributed by atoms with Gasteiger partial charge in [-0.15, -0.1) is 0 Å². The number of hydrogen-bond acceptors (Lipinski definition) is 7. The first kappa shape index (κ1) is 26.1. The predicted molar refractivity (Wildman–Crippen MR) is 128 cm³/mol. The van der Waals surface area contributed by atoms with Gasteiger partial charge in [-0.25, -0.2) is 12.8 Å². The maximum absolute atomic E-state index is 13.4. The Balaban J connectivity index is 1.43. The van der Waals surface area contributed by atoms with Gasteiger partial charge in [0.05, 0.1) is 25.2 Å². The summed E-state index contributed by atoms with van der Waals surface area (Å²) in [6.45, 7) is 0.785. The Kier molecular flexibility index (Phi) is 8.24. The monoisotopic (exact) mass is 520 g/mol. The highest BCUT2D eigenvalue weighted by molar-refractivity contribution is 7.89. The second-order valence-electron chi connectivity index (χ2n) is 8.44. The average molecular weight is 521 g/mol. The number of allylic oxidation sites excluding steroid dienone is 1. The minimum absolute atomic E-state index is 0.0264. The van der Waals surface area contributed by atoms with Crippen molar-refractivity contribution in [2.45, 2.75) is 23.5 Å². The van der Waals surface area contributed by atoms with E-state index in [0.717, 1.165) is 9.87 Å². The van der Waals surface area contributed by atoms with Crippen LogP contribution in [0.25, 0.3) is 0 Å². The van der Waals surface area contributed by atoms with Crippen LogP contribution in [0.3, 0.4) is 0 Å². The molecular formula is C25H29FN2O7S. The van der Waals surface area contributed by atoms with Crippen molar-refractivity contribution >= 4 is 15.9 Å². The van der Waals surface area contributed by atoms with Crippen molar-refractivity contribution in [3.05, 3.63) is 71.7 Å². The molecule has 1 saturated heterocycles. The van der Waals surface area contributed by atoms with Gasteiger partial charge in [0.2, 0.25) is 16.3 Å². The molecular weight excluding hydrogens is 491 g/mol. The number of nitrogens with zero attached hydrogens (tertiary/aromatic N) is 2. The number of benzene rings is 2. The van der Waals surface area contributed by atoms with Gasteiger partial charge in [0.15, 0.2) is 5.76 Å². The highest BCUT2D eigenvalue weighted by Crippen LogP contribution is 2.33. The van der Waals surface area contributed by atoms with E-state index >= 15 is 0 Å². The zero-order valence-corrected chi connectivity index (χ0v) is 20.7. The standard InChI is InChI=1S/C25H29FN2O7S/c1-33-21-6-8-22(9-7-21)36(31,32)28(12-14-29)13-15-34-24-17-19(18-2-4-20(26)5-3-18)16-23(35-24)25(30)27-10-11-27/h2-9,16,19,24,29H,10-15,17H2,1H3/t19-,24+/m0/s1. The molecule has 4 rings (SSSR count). The molecule has 0 saturated carbocycles. The molecule has 194 valence electrons. The highest BCUT2D eigenvalue weighted by atomic mass is 32.2. The third-order valence-corrected chi connectivity index (χ3v) is 7.90. The fraction of sp³-hybridized carbons (Fsp3) is 0.400. The zero-order valence-electron chi connectivity index (χ0n) is 19.9. The van der Waals surface area contributed by atoms with Crippen molar-refractivity contribution < 1.29 is 36.9 Å². The molecule has 2 aliphatic heterocycles. The van der Waals surface area contributed by atoms with E-state index < -0.39 is 16.3 Å². The van der Waals surface area contributed by atoms with Gasteiger partial charge >= 0.3 is 0 Å². The van der Waals surface area contributed by atoms with Crippen LogP contribution in [-0.4, -0.2) is 81.4 Å². The van der Waals surface area contributed by atoms with E-state index in [9.17, 15) is 22.7 Å². The first-order valence-electron chi connectivity index (χ1n) is 11.6. The van der Waals surface area contributed by atoms with Crippen molar-refractivity contribution in [1.82, 2.24) is 9.21 Å². The molecule has 2 heterocycles. The Hall–Kier alpha value is -2.99. The fourth-order valence-corrected chi connectivity index (χ4v) is 5.32. The molecule has 2 aliphatic rings. The average Bonchev–Trinajstić information content (AvgIpc) is 3.73. The molecule has 1 amide bonds. The number of amides is 1. The molecule has 11 heteroatoms. The summed E-state index contributed by atoms with van der Waals surface area (Å²) in [6, 6.07) is 12.0. The molecule has 9 nitrogen and oxygen atoms in total. The van der Waals surface area contributed by atoms with Gasteiger partial charge in [-0.3, -0.25) is 4.79 Å². The fourth-order valence-electron chi connectivity index (χ4n) is 3.91. The first-order chi connectivity index (χ1) is 17.3. The number of methoxy groups -OCH3 is 1. The Morgan fingerprint density at radius 2 is 1.83 bits per heavy atom. The van der Waals surface area contributed by atoms with Gasteiger partial charge in [-0.05, 0) is 48.0 Å². The summed E-state index contributed by atoms with van der Waals surface area (Å²) >= 11 is 0. The van der Waals surface area contributed by atoms with Crippen molar-refractivity contribution in [1.29, 1.82) is 0 Å². The molecule has 0 aliphatic carbocycles. The molecule has 1 N–H and O–H groups in total. The van der Waals surface area contributed by atoms with Crippen molar-refractivity contribution in [2.75, 3.05) is 46.5 Å². The molecule has 2 aromatic carbocycles. The first-order valence-corrected chi connectivity index (χ1v) is 13.1. The Labute approximate surface area is 209 Å². The molecule has 2 aromatic rings. The van der Waals surface area contributed by atoms with Gasteiger partial charge in [0.25, 0.3) is 5.91 Å². The van der Waals surface area contributed by atoms with Crippen LogP contribution >= 0.6 is 0 Å². The van der Waals surface area contributed by atoms with E-state index in [0.29, 0.717) is 25.3 Å². The maximum atomic E-state index is 13.4. The van der Waals surface area contributed by atoms with Crippen LogP contribution in [0.15, 0.2) is 65.3 Å². The number of halogens is 1. The van der Waals surface area contributed by atoms with Crippen molar-refractivity contribution in [3.63, 3.8) is 0 Å². The number of rotatable bonds is 11. The van der Waals surface area contributed by atoms with E-state index in [1.54, 1.807) is 35.2 Å². The van der Waals surface area contributed by atoms with Gasteiger partial charge in [0.1, 0.15) is 11.6 Å². The second-order valence-corrected chi connectivity index (χ2v) is 10.4. The number of carbonyl (C=O) groups excluding carboxylic acids is 1. The van der Waals surface area contributed by atoms with Gasteiger partial charge in [-0.2, -0.15) is 4.31 Å². The molecule has 0 radical (unpaired) electrons. The third-order valence-electron chi connectivity index (χ3n) is 5.99. The topological polar surface area (TPSA) is 105 Å². The number of sulfonamides is 1.